The van der Waals surface area contributed by atoms with Gasteiger partial charge in [0.2, 0.25) is 35.4 Å². The second kappa shape index (κ2) is 18.7. The van der Waals surface area contributed by atoms with E-state index in [0.717, 1.165) is 0 Å². The van der Waals surface area contributed by atoms with E-state index in [9.17, 15) is 38.7 Å². The van der Waals surface area contributed by atoms with Crippen LogP contribution in [0.5, 0.6) is 0 Å². The van der Waals surface area contributed by atoms with Crippen LogP contribution in [-0.2, 0) is 35.2 Å². The van der Waals surface area contributed by atoms with Crippen molar-refractivity contribution in [1.82, 2.24) is 41.9 Å². The number of aromatic amines is 1. The van der Waals surface area contributed by atoms with Gasteiger partial charge in [-0.2, -0.15) is 25.3 Å². The molecule has 0 aliphatic rings. The average Bonchev–Trinajstić information content (AvgIpc) is 3.47. The molecule has 0 fully saturated rings. The third kappa shape index (κ3) is 12.8. The molecule has 1 rings (SSSR count). The Labute approximate surface area is 270 Å². The Morgan fingerprint density at radius 3 is 1.76 bits per heavy atom. The minimum Gasteiger partial charge on any atom is -0.465 e. The maximum absolute atomic E-state index is 13.2. The Balaban J connectivity index is 2.98. The quantitative estimate of drug-likeness (QED) is 0.0679. The molecule has 1 aromatic heterocycles. The number of nitrogens with two attached hydrogens (primary N) is 1. The lowest BCUT2D eigenvalue weighted by atomic mass is 10.0. The summed E-state index contributed by atoms with van der Waals surface area (Å²) in [4.78, 5) is 93.8. The van der Waals surface area contributed by atoms with Gasteiger partial charge in [-0.25, -0.2) is 9.78 Å². The van der Waals surface area contributed by atoms with Gasteiger partial charge in [-0.05, 0) is 19.8 Å². The lowest BCUT2D eigenvalue weighted by Crippen LogP contribution is -2.61. The van der Waals surface area contributed by atoms with Gasteiger partial charge in [0, 0.05) is 29.8 Å². The summed E-state index contributed by atoms with van der Waals surface area (Å²) in [6.07, 6.45) is -0.0955. The first-order valence-electron chi connectivity index (χ1n) is 13.7. The number of amides is 7. The van der Waals surface area contributed by atoms with Crippen LogP contribution in [0.1, 0.15) is 33.4 Å². The number of aliphatic hydroxyl groups is 1. The number of hydrogen-bond donors (Lipinski definition) is 12. The van der Waals surface area contributed by atoms with Crippen molar-refractivity contribution in [2.75, 3.05) is 11.5 Å². The molecule has 0 bridgehead atoms. The van der Waals surface area contributed by atoms with E-state index >= 15 is 0 Å². The highest BCUT2D eigenvalue weighted by atomic mass is 32.1. The number of imidazole rings is 1. The predicted octanol–water partition coefficient (Wildman–Crippen LogP) is -3.59. The Bertz CT molecular complexity index is 1200. The molecule has 0 saturated heterocycles. The molecular weight excluding hydrogens is 634 g/mol. The molecule has 0 aromatic carbocycles. The summed E-state index contributed by atoms with van der Waals surface area (Å²) in [6, 6.07) is -7.63. The van der Waals surface area contributed by atoms with Crippen LogP contribution in [0, 0.1) is 5.92 Å². The lowest BCUT2D eigenvalue weighted by molar-refractivity contribution is -0.135. The number of H-pyrrole nitrogens is 1. The number of primary amides is 1. The van der Waals surface area contributed by atoms with Crippen molar-refractivity contribution in [2.24, 2.45) is 11.7 Å². The van der Waals surface area contributed by atoms with Crippen molar-refractivity contribution in [2.45, 2.75) is 76.5 Å². The minimum absolute atomic E-state index is 0.0891. The fourth-order valence-electron chi connectivity index (χ4n) is 3.77. The third-order valence-corrected chi connectivity index (χ3v) is 7.04. The van der Waals surface area contributed by atoms with Gasteiger partial charge in [0.05, 0.1) is 12.4 Å². The lowest BCUT2D eigenvalue weighted by Gasteiger charge is -2.27. The highest BCUT2D eigenvalue weighted by Gasteiger charge is 2.33. The predicted molar refractivity (Wildman–Crippen MR) is 166 cm³/mol. The number of thiol groups is 2. The summed E-state index contributed by atoms with van der Waals surface area (Å²) in [5.74, 6) is -5.91. The number of carbonyl (C=O) groups excluding carboxylic acids is 6. The molecule has 7 atom stereocenters. The molecule has 0 unspecified atom stereocenters. The van der Waals surface area contributed by atoms with E-state index in [0.29, 0.717) is 5.69 Å². The zero-order valence-electron chi connectivity index (χ0n) is 25.1. The second-order valence-electron chi connectivity index (χ2n) is 10.4. The molecule has 0 aliphatic carbocycles. The molecule has 0 saturated carbocycles. The van der Waals surface area contributed by atoms with Crippen LogP contribution in [0.4, 0.5) is 4.79 Å². The SMILES string of the molecule is CC(C)[C@H](NC(=O)[C@H](C)NC(=O)[C@H](Cc1cnc[nH]1)NC(=O)[C@H](CS)NC(=O)O)C(=O)N[C@@H](CS)C(=O)N[C@H](C(N)=O)[C@@H](C)O. The maximum atomic E-state index is 13.2. The summed E-state index contributed by atoms with van der Waals surface area (Å²) in [5.41, 5.74) is 5.65. The van der Waals surface area contributed by atoms with E-state index in [1.54, 1.807) is 13.8 Å². The highest BCUT2D eigenvalue weighted by Crippen LogP contribution is 2.06. The number of nitrogens with zero attached hydrogens (tertiary/aromatic N) is 1. The van der Waals surface area contributed by atoms with Crippen LogP contribution in [0.25, 0.3) is 0 Å². The van der Waals surface area contributed by atoms with Crippen molar-refractivity contribution in [1.29, 1.82) is 0 Å². The number of nitrogens with one attached hydrogen (secondary N) is 7. The van der Waals surface area contributed by atoms with Crippen LogP contribution in [0.2, 0.25) is 0 Å². The van der Waals surface area contributed by atoms with E-state index in [4.69, 9.17) is 10.8 Å². The number of hydrogen-bond acceptors (Lipinski definition) is 11. The number of aliphatic hydroxyl groups excluding tert-OH is 1. The van der Waals surface area contributed by atoms with Gasteiger partial charge in [-0.15, -0.1) is 0 Å². The van der Waals surface area contributed by atoms with Crippen LogP contribution >= 0.6 is 25.3 Å². The Kier molecular flexibility index (Phi) is 16.2. The fraction of sp³-hybridized carbons (Fsp3) is 0.600. The van der Waals surface area contributed by atoms with Crippen LogP contribution in [0.3, 0.4) is 0 Å². The van der Waals surface area contributed by atoms with Crippen LogP contribution in [0.15, 0.2) is 12.5 Å². The van der Waals surface area contributed by atoms with Gasteiger partial charge < -0.3 is 52.8 Å². The Hall–Kier alpha value is -4.04. The number of carboxylic acid groups (broad SMARTS) is 1. The third-order valence-electron chi connectivity index (χ3n) is 6.31. The Morgan fingerprint density at radius 1 is 0.778 bits per heavy atom. The normalized spacial score (nSPS) is 15.6. The van der Waals surface area contributed by atoms with Gasteiger partial charge in [0.1, 0.15) is 36.3 Å². The topological polar surface area (TPSA) is 287 Å². The standard InChI is InChI=1S/C25H41N9O9S2/c1-10(2)17(24(41)31-15(7-44)23(40)34-18(12(4)35)19(26)36)33-20(37)11(3)29-21(38)14(5-13-6-27-9-28-13)30-22(39)16(8-45)32-25(42)43/h6,9-12,14-18,32,35,44-45H,5,7-8H2,1-4H3,(H2,26,36)(H,27,28)(H,29,38)(H,30,39)(H,31,41)(H,33,37)(H,34,40)(H,42,43)/t11-,12+,14-,15-,16-,17-,18-/m0/s1. The molecule has 252 valence electrons. The molecule has 0 spiro atoms. The molecule has 7 amide bonds. The summed E-state index contributed by atoms with van der Waals surface area (Å²) >= 11 is 8.03. The summed E-state index contributed by atoms with van der Waals surface area (Å²) in [6.45, 7) is 5.83. The number of aromatic nitrogens is 2. The van der Waals surface area contributed by atoms with Crippen LogP contribution in [-0.4, -0.2) is 116 Å². The van der Waals surface area contributed by atoms with E-state index in [1.807, 2.05) is 5.32 Å². The fourth-order valence-corrected chi connectivity index (χ4v) is 4.29. The molecule has 20 heteroatoms. The van der Waals surface area contributed by atoms with E-state index in [-0.39, 0.29) is 17.9 Å². The Morgan fingerprint density at radius 2 is 1.29 bits per heavy atom. The summed E-state index contributed by atoms with van der Waals surface area (Å²) in [5, 5.41) is 32.8. The van der Waals surface area contributed by atoms with Crippen molar-refractivity contribution in [3.8, 4) is 0 Å². The monoisotopic (exact) mass is 675 g/mol. The maximum Gasteiger partial charge on any atom is 0.405 e. The molecule has 0 radical (unpaired) electrons. The van der Waals surface area contributed by atoms with E-state index < -0.39 is 89.8 Å². The average molecular weight is 676 g/mol. The van der Waals surface area contributed by atoms with Crippen molar-refractivity contribution in [3.63, 3.8) is 0 Å². The van der Waals surface area contributed by atoms with Gasteiger partial charge in [-0.3, -0.25) is 28.8 Å². The second-order valence-corrected chi connectivity index (χ2v) is 11.1. The zero-order valence-corrected chi connectivity index (χ0v) is 26.9. The first-order chi connectivity index (χ1) is 21.0. The number of rotatable bonds is 18. The van der Waals surface area contributed by atoms with Crippen molar-refractivity contribution >= 4 is 66.8 Å². The zero-order chi connectivity index (χ0) is 34.4. The van der Waals surface area contributed by atoms with E-state index in [2.05, 4.69) is 61.8 Å². The smallest absolute Gasteiger partial charge is 0.405 e. The first kappa shape index (κ1) is 39.0. The van der Waals surface area contributed by atoms with Crippen LogP contribution < -0.4 is 37.6 Å². The van der Waals surface area contributed by atoms with E-state index in [1.165, 1.54) is 26.4 Å². The summed E-state index contributed by atoms with van der Waals surface area (Å²) < 4.78 is 0. The minimum atomic E-state index is -1.47. The van der Waals surface area contributed by atoms with Gasteiger partial charge in [-0.1, -0.05) is 13.8 Å². The first-order valence-corrected chi connectivity index (χ1v) is 15.0. The molecule has 1 heterocycles. The van der Waals surface area contributed by atoms with Crippen molar-refractivity contribution < 1.29 is 43.8 Å². The van der Waals surface area contributed by atoms with Crippen molar-refractivity contribution in [3.05, 3.63) is 18.2 Å². The number of carbonyl (C=O) groups is 7. The molecule has 18 nitrogen and oxygen atoms in total. The molecule has 45 heavy (non-hydrogen) atoms. The molecule has 0 aliphatic heterocycles. The summed E-state index contributed by atoms with van der Waals surface area (Å²) in [7, 11) is 0. The molecule has 1 aromatic rings. The van der Waals surface area contributed by atoms with Gasteiger partial charge in [0.15, 0.2) is 0 Å². The molecular formula is C25H41N9O9S2. The van der Waals surface area contributed by atoms with Gasteiger partial charge >= 0.3 is 6.09 Å². The highest BCUT2D eigenvalue weighted by molar-refractivity contribution is 7.80. The molecule has 11 N–H and O–H groups in total. The largest absolute Gasteiger partial charge is 0.465 e. The van der Waals surface area contributed by atoms with Gasteiger partial charge in [0.25, 0.3) is 0 Å².